The number of rotatable bonds is 7. The maximum absolute atomic E-state index is 13.0. The zero-order valence-electron chi connectivity index (χ0n) is 20.7. The summed E-state index contributed by atoms with van der Waals surface area (Å²) in [4.78, 5) is 32.4. The number of tetrazole rings is 1. The lowest BCUT2D eigenvalue weighted by Crippen LogP contribution is -2.44. The highest BCUT2D eigenvalue weighted by molar-refractivity contribution is 7.14. The summed E-state index contributed by atoms with van der Waals surface area (Å²) in [5.41, 5.74) is 1.48. The molecule has 2 fully saturated rings. The molecular formula is C25H28N8O2S2. The molecule has 10 nitrogen and oxygen atoms in total. The van der Waals surface area contributed by atoms with E-state index in [2.05, 4.69) is 43.5 Å². The number of nitrogens with one attached hydrogen (secondary N) is 2. The minimum atomic E-state index is -0.698. The molecule has 1 saturated heterocycles. The summed E-state index contributed by atoms with van der Waals surface area (Å²) < 4.78 is 0. The average molecular weight is 537 g/mol. The Hall–Kier alpha value is -3.14. The van der Waals surface area contributed by atoms with Crippen molar-refractivity contribution < 1.29 is 9.59 Å². The van der Waals surface area contributed by atoms with Crippen LogP contribution in [0.2, 0.25) is 0 Å². The number of aromatic nitrogens is 4. The summed E-state index contributed by atoms with van der Waals surface area (Å²) in [6.07, 6.45) is 4.13. The van der Waals surface area contributed by atoms with Crippen LogP contribution in [0.3, 0.4) is 0 Å². The van der Waals surface area contributed by atoms with E-state index in [1.54, 1.807) is 46.6 Å². The SMILES string of the molecule is CN(C)C(=O)c1cc2c(s1)CCc1sccc1C2(CCNCC(=O)N1C(C#N)C[C@@H]2C[C@@H]21)c1nn[nH]n1. The number of aryl methyl sites for hydroxylation is 2. The van der Waals surface area contributed by atoms with Crippen molar-refractivity contribution in [1.29, 1.82) is 5.26 Å². The fourth-order valence-electron chi connectivity index (χ4n) is 6.05. The standard InChI is InChI=1S/C25H28N8O2S2/c1-32(2)23(35)21-11-17-20(37-21)4-3-19-16(5-8-36-19)25(17,24-28-30-31-29-24)6-7-27-13-22(34)33-15(12-26)9-14-10-18(14)33/h5,8,11,14-15,18,27H,3-4,6-7,9-10,13H2,1-2H3,(H,28,29,30,31)/t14-,15?,18+,25?/m1/s1. The number of fused-ring (bicyclic) bond motifs is 3. The Bertz CT molecular complexity index is 1370. The van der Waals surface area contributed by atoms with Gasteiger partial charge in [-0.25, -0.2) is 0 Å². The summed E-state index contributed by atoms with van der Waals surface area (Å²) in [5, 5.41) is 30.4. The van der Waals surface area contributed by atoms with Gasteiger partial charge in [0, 0.05) is 29.9 Å². The minimum Gasteiger partial charge on any atom is -0.344 e. The molecule has 3 aromatic rings. The van der Waals surface area contributed by atoms with Gasteiger partial charge in [-0.2, -0.15) is 10.5 Å². The highest BCUT2D eigenvalue weighted by Gasteiger charge is 2.54. The normalized spacial score (nSPS) is 25.5. The number of piperidine rings is 1. The van der Waals surface area contributed by atoms with Gasteiger partial charge in [-0.15, -0.1) is 32.9 Å². The number of thiophene rings is 2. The number of hydrogen-bond donors (Lipinski definition) is 2. The van der Waals surface area contributed by atoms with Crippen LogP contribution in [-0.4, -0.2) is 81.5 Å². The van der Waals surface area contributed by atoms with Crippen LogP contribution in [0.4, 0.5) is 0 Å². The largest absolute Gasteiger partial charge is 0.344 e. The molecule has 0 bridgehead atoms. The summed E-state index contributed by atoms with van der Waals surface area (Å²) in [5.74, 6) is 1.02. The molecule has 1 aliphatic heterocycles. The Morgan fingerprint density at radius 1 is 1.30 bits per heavy atom. The Morgan fingerprint density at radius 3 is 2.89 bits per heavy atom. The van der Waals surface area contributed by atoms with Crippen LogP contribution in [0.1, 0.15) is 55.6 Å². The monoisotopic (exact) mass is 536 g/mol. The zero-order valence-corrected chi connectivity index (χ0v) is 22.4. The first-order chi connectivity index (χ1) is 17.9. The first-order valence-electron chi connectivity index (χ1n) is 12.5. The van der Waals surface area contributed by atoms with E-state index in [0.29, 0.717) is 29.6 Å². The van der Waals surface area contributed by atoms with E-state index in [9.17, 15) is 14.9 Å². The predicted octanol–water partition coefficient (Wildman–Crippen LogP) is 1.95. The van der Waals surface area contributed by atoms with E-state index in [0.717, 1.165) is 41.7 Å². The molecule has 2 unspecified atom stereocenters. The Labute approximate surface area is 222 Å². The first kappa shape index (κ1) is 24.2. The van der Waals surface area contributed by atoms with Gasteiger partial charge in [0.25, 0.3) is 5.91 Å². The van der Waals surface area contributed by atoms with Gasteiger partial charge in [0.05, 0.1) is 22.9 Å². The minimum absolute atomic E-state index is 0.0164. The molecule has 6 rings (SSSR count). The smallest absolute Gasteiger partial charge is 0.263 e. The second-order valence-corrected chi connectivity index (χ2v) is 12.4. The molecular weight excluding hydrogens is 508 g/mol. The summed E-state index contributed by atoms with van der Waals surface area (Å²) in [7, 11) is 3.53. The maximum atomic E-state index is 13.0. The number of carbonyl (C=O) groups excluding carboxylic acids is 2. The molecule has 1 saturated carbocycles. The van der Waals surface area contributed by atoms with Crippen LogP contribution in [0.25, 0.3) is 0 Å². The number of likely N-dealkylation sites (tertiary alicyclic amines) is 1. The van der Waals surface area contributed by atoms with Crippen LogP contribution in [0.5, 0.6) is 0 Å². The van der Waals surface area contributed by atoms with E-state index in [4.69, 9.17) is 0 Å². The van der Waals surface area contributed by atoms with E-state index in [1.807, 2.05) is 6.07 Å². The van der Waals surface area contributed by atoms with Crippen molar-refractivity contribution in [3.05, 3.63) is 49.1 Å². The number of amides is 2. The summed E-state index contributed by atoms with van der Waals surface area (Å²) in [6, 6.07) is 6.36. The summed E-state index contributed by atoms with van der Waals surface area (Å²) >= 11 is 3.27. The average Bonchev–Trinajstić information content (AvgIpc) is 3.41. The van der Waals surface area contributed by atoms with Crippen molar-refractivity contribution >= 4 is 34.5 Å². The molecule has 0 radical (unpaired) electrons. The van der Waals surface area contributed by atoms with Gasteiger partial charge in [0.2, 0.25) is 5.91 Å². The van der Waals surface area contributed by atoms with Crippen molar-refractivity contribution in [1.82, 2.24) is 35.7 Å². The molecule has 2 N–H and O–H groups in total. The topological polar surface area (TPSA) is 131 Å². The lowest BCUT2D eigenvalue weighted by molar-refractivity contribution is -0.131. The molecule has 3 aromatic heterocycles. The Kier molecular flexibility index (Phi) is 6.09. The lowest BCUT2D eigenvalue weighted by atomic mass is 9.72. The zero-order chi connectivity index (χ0) is 25.7. The van der Waals surface area contributed by atoms with E-state index in [1.165, 1.54) is 4.88 Å². The fourth-order valence-corrected chi connectivity index (χ4v) is 8.26. The molecule has 3 aliphatic rings. The molecule has 192 valence electrons. The van der Waals surface area contributed by atoms with Crippen molar-refractivity contribution in [2.24, 2.45) is 5.92 Å². The van der Waals surface area contributed by atoms with E-state index >= 15 is 0 Å². The number of aromatic amines is 1. The van der Waals surface area contributed by atoms with Crippen LogP contribution in [0.15, 0.2) is 17.5 Å². The maximum Gasteiger partial charge on any atom is 0.263 e. The Balaban J connectivity index is 1.31. The second kappa shape index (κ2) is 9.31. The van der Waals surface area contributed by atoms with Crippen LogP contribution >= 0.6 is 22.7 Å². The van der Waals surface area contributed by atoms with Gasteiger partial charge < -0.3 is 15.1 Å². The van der Waals surface area contributed by atoms with Crippen molar-refractivity contribution in [2.75, 3.05) is 27.2 Å². The molecule has 12 heteroatoms. The number of hydrogen-bond acceptors (Lipinski definition) is 9. The molecule has 2 aliphatic carbocycles. The van der Waals surface area contributed by atoms with E-state index < -0.39 is 5.41 Å². The third kappa shape index (κ3) is 3.96. The number of H-pyrrole nitrogens is 1. The predicted molar refractivity (Wildman–Crippen MR) is 138 cm³/mol. The second-order valence-electron chi connectivity index (χ2n) is 10.2. The number of nitrogens with zero attached hydrogens (tertiary/aromatic N) is 6. The third-order valence-electron chi connectivity index (χ3n) is 7.89. The van der Waals surface area contributed by atoms with Crippen molar-refractivity contribution in [2.45, 2.75) is 49.6 Å². The van der Waals surface area contributed by atoms with Gasteiger partial charge in [0.15, 0.2) is 5.82 Å². The molecule has 0 aromatic carbocycles. The van der Waals surface area contributed by atoms with E-state index in [-0.39, 0.29) is 30.4 Å². The van der Waals surface area contributed by atoms with Gasteiger partial charge in [-0.05, 0) is 73.2 Å². The number of nitriles is 1. The molecule has 2 amide bonds. The third-order valence-corrected chi connectivity index (χ3v) is 10.1. The summed E-state index contributed by atoms with van der Waals surface area (Å²) in [6.45, 7) is 0.710. The highest BCUT2D eigenvalue weighted by atomic mass is 32.1. The van der Waals surface area contributed by atoms with Crippen molar-refractivity contribution in [3.8, 4) is 6.07 Å². The van der Waals surface area contributed by atoms with Gasteiger partial charge >= 0.3 is 0 Å². The van der Waals surface area contributed by atoms with Gasteiger partial charge in [0.1, 0.15) is 6.04 Å². The highest BCUT2D eigenvalue weighted by Crippen LogP contribution is 2.50. The van der Waals surface area contributed by atoms with Crippen LogP contribution in [0, 0.1) is 17.2 Å². The fraction of sp³-hybridized carbons (Fsp3) is 0.520. The van der Waals surface area contributed by atoms with Gasteiger partial charge in [-0.1, -0.05) is 5.21 Å². The lowest BCUT2D eigenvalue weighted by Gasteiger charge is -2.31. The van der Waals surface area contributed by atoms with Gasteiger partial charge in [-0.3, -0.25) is 9.59 Å². The van der Waals surface area contributed by atoms with Crippen LogP contribution < -0.4 is 5.32 Å². The molecule has 37 heavy (non-hydrogen) atoms. The first-order valence-corrected chi connectivity index (χ1v) is 14.2. The Morgan fingerprint density at radius 2 is 2.14 bits per heavy atom. The van der Waals surface area contributed by atoms with Crippen LogP contribution in [-0.2, 0) is 23.1 Å². The van der Waals surface area contributed by atoms with Crippen molar-refractivity contribution in [3.63, 3.8) is 0 Å². The molecule has 0 spiro atoms. The molecule has 4 heterocycles. The molecule has 4 atom stereocenters. The number of carbonyl (C=O) groups is 2. The quantitative estimate of drug-likeness (QED) is 0.441.